The van der Waals surface area contributed by atoms with Crippen LogP contribution in [-0.4, -0.2) is 59.9 Å². The lowest BCUT2D eigenvalue weighted by Gasteiger charge is -2.28. The van der Waals surface area contributed by atoms with Crippen LogP contribution in [-0.2, 0) is 9.47 Å². The zero-order valence-corrected chi connectivity index (χ0v) is 36.3. The Morgan fingerprint density at radius 3 is 1.47 bits per heavy atom. The molecule has 12 nitrogen and oxygen atoms in total. The summed E-state index contributed by atoms with van der Waals surface area (Å²) in [7, 11) is 0. The fourth-order valence-electron chi connectivity index (χ4n) is 7.20. The molecule has 0 aliphatic rings. The summed E-state index contributed by atoms with van der Waals surface area (Å²) in [4.78, 5) is 9.61. The first-order valence-electron chi connectivity index (χ1n) is 20.8. The lowest BCUT2D eigenvalue weighted by atomic mass is 9.76. The number of rotatable bonds is 23. The van der Waals surface area contributed by atoms with Gasteiger partial charge in [-0.2, -0.15) is 20.5 Å². The topological polar surface area (TPSA) is 162 Å². The average Bonchev–Trinajstić information content (AvgIpc) is 3.87. The molecule has 0 aliphatic heterocycles. The van der Waals surface area contributed by atoms with Crippen LogP contribution in [0.1, 0.15) is 153 Å². The molecule has 12 heteroatoms. The molecule has 2 aromatic carbocycles. The molecule has 0 N–H and O–H groups in total. The maximum atomic E-state index is 9.38. The van der Waals surface area contributed by atoms with E-state index in [9.17, 15) is 10.5 Å². The number of hydrogen-bond acceptors (Lipinski definition) is 12. The van der Waals surface area contributed by atoms with E-state index in [4.69, 9.17) is 38.0 Å². The predicted octanol–water partition coefficient (Wildman–Crippen LogP) is 10.4. The van der Waals surface area contributed by atoms with Crippen molar-refractivity contribution >= 4 is 0 Å². The fraction of sp³-hybridized carbons (Fsp3) is 0.609. The molecular formula is C46H64N6O6. The minimum Gasteiger partial charge on any atom is -0.491 e. The molecule has 0 spiro atoms. The molecule has 58 heavy (non-hydrogen) atoms. The Morgan fingerprint density at radius 2 is 1.05 bits per heavy atom. The number of benzene rings is 2. The molecule has 0 fully saturated rings. The van der Waals surface area contributed by atoms with Crippen LogP contribution in [0.5, 0.6) is 11.5 Å². The fourth-order valence-corrected chi connectivity index (χ4v) is 7.20. The summed E-state index contributed by atoms with van der Waals surface area (Å²) in [5.41, 5.74) is 1.84. The van der Waals surface area contributed by atoms with E-state index in [0.717, 1.165) is 35.5 Å². The molecule has 4 rings (SSSR count). The summed E-state index contributed by atoms with van der Waals surface area (Å²) in [6, 6.07) is 20.7. The maximum Gasteiger partial charge on any atom is 0.229 e. The summed E-state index contributed by atoms with van der Waals surface area (Å²) in [6.45, 7) is 23.7. The van der Waals surface area contributed by atoms with Crippen molar-refractivity contribution in [3.8, 4) is 23.6 Å². The number of nitriles is 2. The van der Waals surface area contributed by atoms with E-state index >= 15 is 0 Å². The Kier molecular flexibility index (Phi) is 17.3. The second-order valence-electron chi connectivity index (χ2n) is 17.4. The molecule has 6 unspecified atom stereocenters. The molecule has 0 saturated carbocycles. The quantitative estimate of drug-likeness (QED) is 0.0654. The van der Waals surface area contributed by atoms with Gasteiger partial charge < -0.3 is 28.0 Å². The first kappa shape index (κ1) is 45.9. The smallest absolute Gasteiger partial charge is 0.229 e. The Labute approximate surface area is 345 Å². The summed E-state index contributed by atoms with van der Waals surface area (Å²) in [6.07, 6.45) is 3.03. The molecule has 4 aromatic rings. The molecule has 6 atom stereocenters. The maximum absolute atomic E-state index is 9.38. The minimum atomic E-state index is -0.156. The van der Waals surface area contributed by atoms with Gasteiger partial charge in [-0.25, -0.2) is 0 Å². The van der Waals surface area contributed by atoms with Gasteiger partial charge in [0.15, 0.2) is 11.6 Å². The van der Waals surface area contributed by atoms with Crippen LogP contribution >= 0.6 is 0 Å². The average molecular weight is 797 g/mol. The zero-order valence-electron chi connectivity index (χ0n) is 36.3. The predicted molar refractivity (Wildman–Crippen MR) is 222 cm³/mol. The van der Waals surface area contributed by atoms with Crippen LogP contribution in [0.4, 0.5) is 0 Å². The van der Waals surface area contributed by atoms with Crippen molar-refractivity contribution in [3.63, 3.8) is 0 Å². The van der Waals surface area contributed by atoms with Crippen LogP contribution in [0.3, 0.4) is 0 Å². The Bertz CT molecular complexity index is 1880. The van der Waals surface area contributed by atoms with Crippen LogP contribution in [0.2, 0.25) is 0 Å². The van der Waals surface area contributed by atoms with Crippen LogP contribution < -0.4 is 9.47 Å². The first-order chi connectivity index (χ1) is 27.7. The van der Waals surface area contributed by atoms with Crippen molar-refractivity contribution in [1.29, 1.82) is 10.5 Å². The lowest BCUT2D eigenvalue weighted by Crippen LogP contribution is -2.21. The molecule has 0 radical (unpaired) electrons. The van der Waals surface area contributed by atoms with E-state index in [2.05, 4.69) is 95.2 Å². The SMILES string of the molecule is CCC(C#N)CC(C)c1nc(C(c2ccc(OCCOCCOCCOc3ccc(C(c4noc(C(CC)CC(C)C#N)n4)C(C)(C)C)cc3)cc2)C(C)(C)C)no1. The van der Waals surface area contributed by atoms with Gasteiger partial charge in [0.2, 0.25) is 11.8 Å². The third kappa shape index (κ3) is 13.4. The lowest BCUT2D eigenvalue weighted by molar-refractivity contribution is 0.0273. The van der Waals surface area contributed by atoms with Gasteiger partial charge in [-0.05, 0) is 78.8 Å². The van der Waals surface area contributed by atoms with Gasteiger partial charge in [0.25, 0.3) is 0 Å². The minimum absolute atomic E-state index is 0.0134. The summed E-state index contributed by atoms with van der Waals surface area (Å²) in [5, 5.41) is 27.4. The number of aromatic nitrogens is 4. The van der Waals surface area contributed by atoms with Gasteiger partial charge >= 0.3 is 0 Å². The highest BCUT2D eigenvalue weighted by atomic mass is 16.6. The monoisotopic (exact) mass is 796 g/mol. The van der Waals surface area contributed by atoms with E-state index in [-0.39, 0.29) is 46.3 Å². The Morgan fingerprint density at radius 1 is 0.603 bits per heavy atom. The van der Waals surface area contributed by atoms with Crippen LogP contribution in [0.25, 0.3) is 0 Å². The van der Waals surface area contributed by atoms with Crippen molar-refractivity contribution in [3.05, 3.63) is 83.1 Å². The highest BCUT2D eigenvalue weighted by Gasteiger charge is 2.34. The third-order valence-electron chi connectivity index (χ3n) is 10.4. The standard InChI is InChI=1S/C46H64N6O6/c1-11-33(30-48)28-32(4)43-49-41(51-57-43)39(45(5,6)7)35-13-17-37(18-14-35)55-25-23-53-21-22-54-24-26-56-38-19-15-36(16-20-38)40(46(8,9)10)42-50-44(58-52-42)34(12-2)27-31(3)29-47/h13-20,31-34,39-40H,11-12,21-28H2,1-10H3. The Balaban J connectivity index is 1.15. The van der Waals surface area contributed by atoms with Crippen molar-refractivity contribution in [2.75, 3.05) is 39.6 Å². The molecule has 0 bridgehead atoms. The number of hydrogen-bond donors (Lipinski definition) is 0. The molecule has 0 amide bonds. The van der Waals surface area contributed by atoms with E-state index in [1.807, 2.05) is 45.0 Å². The van der Waals surface area contributed by atoms with E-state index in [1.54, 1.807) is 0 Å². The first-order valence-corrected chi connectivity index (χ1v) is 20.8. The molecular weight excluding hydrogens is 733 g/mol. The normalized spacial score (nSPS) is 15.1. The second kappa shape index (κ2) is 21.8. The largest absolute Gasteiger partial charge is 0.491 e. The van der Waals surface area contributed by atoms with Gasteiger partial charge in [0.05, 0.1) is 50.4 Å². The van der Waals surface area contributed by atoms with E-state index in [0.29, 0.717) is 75.9 Å². The zero-order chi connectivity index (χ0) is 42.3. The third-order valence-corrected chi connectivity index (χ3v) is 10.4. The van der Waals surface area contributed by atoms with Gasteiger partial charge in [-0.15, -0.1) is 0 Å². The van der Waals surface area contributed by atoms with Crippen molar-refractivity contribution in [1.82, 2.24) is 20.3 Å². The molecule has 2 aromatic heterocycles. The molecule has 0 aliphatic carbocycles. The van der Waals surface area contributed by atoms with Crippen molar-refractivity contribution < 1.29 is 28.0 Å². The van der Waals surface area contributed by atoms with Crippen molar-refractivity contribution in [2.24, 2.45) is 22.7 Å². The van der Waals surface area contributed by atoms with Crippen LogP contribution in [0.15, 0.2) is 57.6 Å². The molecule has 2 heterocycles. The molecule has 0 saturated heterocycles. The highest BCUT2D eigenvalue weighted by molar-refractivity contribution is 5.35. The number of nitrogens with zero attached hydrogens (tertiary/aromatic N) is 6. The highest BCUT2D eigenvalue weighted by Crippen LogP contribution is 2.42. The summed E-state index contributed by atoms with van der Waals surface area (Å²) < 4.78 is 34.7. The van der Waals surface area contributed by atoms with Crippen LogP contribution in [0, 0.1) is 45.3 Å². The van der Waals surface area contributed by atoms with Crippen molar-refractivity contribution in [2.45, 2.75) is 119 Å². The number of ether oxygens (including phenoxy) is 4. The summed E-state index contributed by atoms with van der Waals surface area (Å²) >= 11 is 0. The van der Waals surface area contributed by atoms with E-state index in [1.165, 1.54) is 0 Å². The van der Waals surface area contributed by atoms with Gasteiger partial charge in [0, 0.05) is 23.7 Å². The van der Waals surface area contributed by atoms with Gasteiger partial charge in [0.1, 0.15) is 24.7 Å². The van der Waals surface area contributed by atoms with E-state index < -0.39 is 0 Å². The summed E-state index contributed by atoms with van der Waals surface area (Å²) in [5.74, 6) is 3.81. The second-order valence-corrected chi connectivity index (χ2v) is 17.4. The molecule has 314 valence electrons. The van der Waals surface area contributed by atoms with Gasteiger partial charge in [-0.3, -0.25) is 0 Å². The van der Waals surface area contributed by atoms with Gasteiger partial charge in [-0.1, -0.05) is 96.9 Å². The Hall–Kier alpha value is -4.78.